The number of carbonyl (C=O) groups is 2. The summed E-state index contributed by atoms with van der Waals surface area (Å²) in [4.78, 5) is 22.5. The first-order valence-corrected chi connectivity index (χ1v) is 6.78. The lowest BCUT2D eigenvalue weighted by Crippen LogP contribution is -2.17. The van der Waals surface area contributed by atoms with Crippen molar-refractivity contribution in [1.82, 2.24) is 5.43 Å². The number of hydrazone groups is 1. The van der Waals surface area contributed by atoms with Crippen LogP contribution in [0, 0.1) is 0 Å². The molecule has 0 aromatic heterocycles. The van der Waals surface area contributed by atoms with E-state index in [2.05, 4.69) is 26.5 Å². The Bertz CT molecular complexity index is 679. The van der Waals surface area contributed by atoms with E-state index in [1.54, 1.807) is 36.4 Å². The van der Waals surface area contributed by atoms with Crippen molar-refractivity contribution >= 4 is 34.0 Å². The van der Waals surface area contributed by atoms with E-state index < -0.39 is 5.97 Å². The fraction of sp³-hybridized carbons (Fsp3) is 0. The highest BCUT2D eigenvalue weighted by atomic mass is 79.9. The molecule has 0 atom stereocenters. The van der Waals surface area contributed by atoms with Gasteiger partial charge in [0.05, 0.1) is 11.8 Å². The van der Waals surface area contributed by atoms with E-state index in [1.165, 1.54) is 18.3 Å². The van der Waals surface area contributed by atoms with Gasteiger partial charge in [-0.2, -0.15) is 5.10 Å². The van der Waals surface area contributed by atoms with E-state index >= 15 is 0 Å². The van der Waals surface area contributed by atoms with Crippen molar-refractivity contribution < 1.29 is 14.7 Å². The maximum absolute atomic E-state index is 11.8. The summed E-state index contributed by atoms with van der Waals surface area (Å²) in [5.74, 6) is -1.30. The van der Waals surface area contributed by atoms with E-state index in [0.29, 0.717) is 11.1 Å². The van der Waals surface area contributed by atoms with Crippen molar-refractivity contribution in [2.45, 2.75) is 0 Å². The minimum Gasteiger partial charge on any atom is -0.478 e. The SMILES string of the molecule is O=C(O)c1ccc(/C=N\NC(=O)c2ccc(Br)cc2)cc1. The molecule has 0 bridgehead atoms. The summed E-state index contributed by atoms with van der Waals surface area (Å²) in [6.07, 6.45) is 1.45. The van der Waals surface area contributed by atoms with Crippen LogP contribution in [0.4, 0.5) is 0 Å². The third-order valence-electron chi connectivity index (χ3n) is 2.64. The monoisotopic (exact) mass is 346 g/mol. The molecule has 5 nitrogen and oxygen atoms in total. The average Bonchev–Trinajstić information content (AvgIpc) is 2.48. The Morgan fingerprint density at radius 1 is 1.00 bits per heavy atom. The molecule has 106 valence electrons. The minimum atomic E-state index is -0.984. The van der Waals surface area contributed by atoms with E-state index in [0.717, 1.165) is 4.47 Å². The van der Waals surface area contributed by atoms with Crippen molar-refractivity contribution in [2.24, 2.45) is 5.10 Å². The molecule has 2 aromatic rings. The summed E-state index contributed by atoms with van der Waals surface area (Å²) in [5, 5.41) is 12.6. The summed E-state index contributed by atoms with van der Waals surface area (Å²) >= 11 is 3.29. The smallest absolute Gasteiger partial charge is 0.335 e. The molecule has 2 aromatic carbocycles. The topological polar surface area (TPSA) is 78.8 Å². The first kappa shape index (κ1) is 14.9. The highest BCUT2D eigenvalue weighted by Gasteiger charge is 2.03. The van der Waals surface area contributed by atoms with Crippen LogP contribution in [-0.4, -0.2) is 23.2 Å². The Morgan fingerprint density at radius 2 is 1.57 bits per heavy atom. The second-order valence-electron chi connectivity index (χ2n) is 4.13. The van der Waals surface area contributed by atoms with Crippen LogP contribution in [0.15, 0.2) is 58.1 Å². The van der Waals surface area contributed by atoms with Gasteiger partial charge in [-0.1, -0.05) is 28.1 Å². The molecule has 0 unspecified atom stereocenters. The number of carboxylic acids is 1. The van der Waals surface area contributed by atoms with Gasteiger partial charge in [0.15, 0.2) is 0 Å². The molecule has 21 heavy (non-hydrogen) atoms. The Kier molecular flexibility index (Phi) is 4.84. The highest BCUT2D eigenvalue weighted by molar-refractivity contribution is 9.10. The normalized spacial score (nSPS) is 10.5. The Morgan fingerprint density at radius 3 is 2.14 bits per heavy atom. The standard InChI is InChI=1S/C15H11BrN2O3/c16-13-7-5-11(6-8-13)14(19)18-17-9-10-1-3-12(4-2-10)15(20)21/h1-9H,(H,18,19)(H,20,21)/b17-9-. The van der Waals surface area contributed by atoms with Crippen LogP contribution < -0.4 is 5.43 Å². The minimum absolute atomic E-state index is 0.200. The summed E-state index contributed by atoms with van der Waals surface area (Å²) in [5.41, 5.74) is 3.79. The number of benzene rings is 2. The lowest BCUT2D eigenvalue weighted by molar-refractivity contribution is 0.0696. The molecular weight excluding hydrogens is 336 g/mol. The molecule has 0 aliphatic carbocycles. The molecule has 2 rings (SSSR count). The van der Waals surface area contributed by atoms with Crippen LogP contribution in [0.3, 0.4) is 0 Å². The van der Waals surface area contributed by atoms with E-state index in [4.69, 9.17) is 5.11 Å². The lowest BCUT2D eigenvalue weighted by atomic mass is 10.1. The molecule has 0 spiro atoms. The summed E-state index contributed by atoms with van der Waals surface area (Å²) in [7, 11) is 0. The van der Waals surface area contributed by atoms with Gasteiger partial charge in [-0.3, -0.25) is 4.79 Å². The van der Waals surface area contributed by atoms with Crippen LogP contribution in [0.1, 0.15) is 26.3 Å². The zero-order valence-corrected chi connectivity index (χ0v) is 12.4. The fourth-order valence-electron chi connectivity index (χ4n) is 1.54. The van der Waals surface area contributed by atoms with Crippen molar-refractivity contribution in [3.63, 3.8) is 0 Å². The fourth-order valence-corrected chi connectivity index (χ4v) is 1.81. The first-order valence-electron chi connectivity index (χ1n) is 5.98. The van der Waals surface area contributed by atoms with Crippen molar-refractivity contribution in [3.05, 3.63) is 69.7 Å². The highest BCUT2D eigenvalue weighted by Crippen LogP contribution is 2.10. The van der Waals surface area contributed by atoms with Crippen LogP contribution in [0.5, 0.6) is 0 Å². The molecule has 6 heteroatoms. The number of hydrogen-bond acceptors (Lipinski definition) is 3. The van der Waals surface area contributed by atoms with E-state index in [9.17, 15) is 9.59 Å². The molecule has 0 aliphatic heterocycles. The van der Waals surface area contributed by atoms with E-state index in [1.807, 2.05) is 0 Å². The predicted molar refractivity (Wildman–Crippen MR) is 82.6 cm³/mol. The second-order valence-corrected chi connectivity index (χ2v) is 5.05. The Hall–Kier alpha value is -2.47. The van der Waals surface area contributed by atoms with E-state index in [-0.39, 0.29) is 11.5 Å². The van der Waals surface area contributed by atoms with Crippen molar-refractivity contribution in [2.75, 3.05) is 0 Å². The molecule has 0 aliphatic rings. The van der Waals surface area contributed by atoms with Gasteiger partial charge in [0.2, 0.25) is 0 Å². The molecule has 0 fully saturated rings. The number of hydrogen-bond donors (Lipinski definition) is 2. The number of nitrogens with one attached hydrogen (secondary N) is 1. The maximum Gasteiger partial charge on any atom is 0.335 e. The summed E-state index contributed by atoms with van der Waals surface area (Å²) in [6, 6.07) is 13.1. The first-order chi connectivity index (χ1) is 10.1. The number of aromatic carboxylic acids is 1. The number of rotatable bonds is 4. The van der Waals surface area contributed by atoms with Gasteiger partial charge < -0.3 is 5.11 Å². The van der Waals surface area contributed by atoms with Crippen LogP contribution >= 0.6 is 15.9 Å². The van der Waals surface area contributed by atoms with Gasteiger partial charge in [-0.15, -0.1) is 0 Å². The van der Waals surface area contributed by atoms with Gasteiger partial charge >= 0.3 is 5.97 Å². The summed E-state index contributed by atoms with van der Waals surface area (Å²) < 4.78 is 0.890. The van der Waals surface area contributed by atoms with Gasteiger partial charge in [-0.25, -0.2) is 10.2 Å². The van der Waals surface area contributed by atoms with Crippen molar-refractivity contribution in [1.29, 1.82) is 0 Å². The number of nitrogens with zero attached hydrogens (tertiary/aromatic N) is 1. The van der Waals surface area contributed by atoms with Gasteiger partial charge in [0.1, 0.15) is 0 Å². The van der Waals surface area contributed by atoms with Gasteiger partial charge in [-0.05, 0) is 42.0 Å². The molecule has 0 heterocycles. The molecular formula is C15H11BrN2O3. The molecule has 2 N–H and O–H groups in total. The van der Waals surface area contributed by atoms with Gasteiger partial charge in [0, 0.05) is 10.0 Å². The number of carbonyl (C=O) groups excluding carboxylic acids is 1. The molecule has 1 amide bonds. The van der Waals surface area contributed by atoms with Crippen LogP contribution in [0.25, 0.3) is 0 Å². The number of carboxylic acid groups (broad SMARTS) is 1. The van der Waals surface area contributed by atoms with Gasteiger partial charge in [0.25, 0.3) is 5.91 Å². The number of halogens is 1. The Balaban J connectivity index is 1.97. The lowest BCUT2D eigenvalue weighted by Gasteiger charge is -2.00. The average molecular weight is 347 g/mol. The molecule has 0 radical (unpaired) electrons. The van der Waals surface area contributed by atoms with Crippen molar-refractivity contribution in [3.8, 4) is 0 Å². The quantitative estimate of drug-likeness (QED) is 0.659. The predicted octanol–water partition coefficient (Wildman–Crippen LogP) is 2.91. The van der Waals surface area contributed by atoms with Crippen LogP contribution in [0.2, 0.25) is 0 Å². The molecule has 0 saturated carbocycles. The Labute approximate surface area is 129 Å². The zero-order chi connectivity index (χ0) is 15.2. The zero-order valence-electron chi connectivity index (χ0n) is 10.8. The second kappa shape index (κ2) is 6.81. The number of amides is 1. The largest absolute Gasteiger partial charge is 0.478 e. The molecule has 0 saturated heterocycles. The maximum atomic E-state index is 11.8. The third-order valence-corrected chi connectivity index (χ3v) is 3.17. The third kappa shape index (κ3) is 4.25. The van der Waals surface area contributed by atoms with Crippen LogP contribution in [-0.2, 0) is 0 Å². The summed E-state index contributed by atoms with van der Waals surface area (Å²) in [6.45, 7) is 0.